The molecule has 1 atom stereocenters. The van der Waals surface area contributed by atoms with Crippen LogP contribution in [0.5, 0.6) is 0 Å². The van der Waals surface area contributed by atoms with Crippen molar-refractivity contribution in [1.29, 1.82) is 0 Å². The lowest BCUT2D eigenvalue weighted by molar-refractivity contribution is 0.0926. The van der Waals surface area contributed by atoms with Gasteiger partial charge in [-0.1, -0.05) is 12.1 Å². The minimum atomic E-state index is -0.338. The molecule has 0 fully saturated rings. The van der Waals surface area contributed by atoms with E-state index in [-0.39, 0.29) is 18.0 Å². The predicted octanol–water partition coefficient (Wildman–Crippen LogP) is 3.22. The van der Waals surface area contributed by atoms with Gasteiger partial charge in [-0.25, -0.2) is 4.98 Å². The number of hydrogen-bond acceptors (Lipinski definition) is 5. The Morgan fingerprint density at radius 1 is 1.03 bits per heavy atom. The van der Waals surface area contributed by atoms with Crippen LogP contribution in [0, 0.1) is 13.8 Å². The summed E-state index contributed by atoms with van der Waals surface area (Å²) >= 11 is 0. The van der Waals surface area contributed by atoms with E-state index in [2.05, 4.69) is 20.6 Å². The second-order valence-corrected chi connectivity index (χ2v) is 7.08. The fourth-order valence-corrected chi connectivity index (χ4v) is 3.27. The molecule has 7 nitrogen and oxygen atoms in total. The van der Waals surface area contributed by atoms with Crippen molar-refractivity contribution in [2.24, 2.45) is 0 Å². The zero-order valence-corrected chi connectivity index (χ0v) is 16.4. The van der Waals surface area contributed by atoms with Crippen molar-refractivity contribution in [2.45, 2.75) is 20.0 Å². The number of nitrogens with one attached hydrogen (secondary N) is 2. The predicted molar refractivity (Wildman–Crippen MR) is 111 cm³/mol. The molecule has 0 saturated heterocycles. The Bertz CT molecular complexity index is 1080. The fraction of sp³-hybridized carbons (Fsp3) is 0.182. The first-order valence-corrected chi connectivity index (χ1v) is 9.28. The molecule has 1 aliphatic rings. The standard InChI is InChI=1S/C22H21N5O2/c1-13-4-6-16(12-23-13)21(28)25-17-9-7-15(8-10-17)19-26-22(29)18-11-5-14(2)24-20(18)27(19)3/h4-12,19H,1-3H3,(H,25,28)(H,26,29). The third-order valence-electron chi connectivity index (χ3n) is 4.91. The summed E-state index contributed by atoms with van der Waals surface area (Å²) in [5.74, 6) is 0.282. The Hall–Kier alpha value is -3.74. The number of amides is 2. The van der Waals surface area contributed by atoms with Gasteiger partial charge < -0.3 is 15.5 Å². The molecular weight excluding hydrogens is 366 g/mol. The van der Waals surface area contributed by atoms with Crippen molar-refractivity contribution in [3.05, 3.63) is 82.8 Å². The van der Waals surface area contributed by atoms with Crippen LogP contribution in [0.1, 0.15) is 43.8 Å². The Morgan fingerprint density at radius 2 is 1.76 bits per heavy atom. The molecule has 0 saturated carbocycles. The Labute approximate surface area is 168 Å². The maximum atomic E-state index is 12.5. The Kier molecular flexibility index (Phi) is 4.72. The summed E-state index contributed by atoms with van der Waals surface area (Å²) in [5, 5.41) is 5.86. The molecule has 0 spiro atoms. The summed E-state index contributed by atoms with van der Waals surface area (Å²) < 4.78 is 0. The number of aromatic nitrogens is 2. The lowest BCUT2D eigenvalue weighted by Gasteiger charge is -2.35. The van der Waals surface area contributed by atoms with Crippen LogP contribution < -0.4 is 15.5 Å². The molecule has 146 valence electrons. The van der Waals surface area contributed by atoms with Crippen LogP contribution in [0.4, 0.5) is 11.5 Å². The SMILES string of the molecule is Cc1ccc(C(=O)Nc2ccc(C3NC(=O)c4ccc(C)nc4N3C)cc2)cn1. The maximum Gasteiger partial charge on any atom is 0.257 e. The Morgan fingerprint density at radius 3 is 2.45 bits per heavy atom. The molecule has 2 aromatic heterocycles. The first-order valence-electron chi connectivity index (χ1n) is 9.28. The van der Waals surface area contributed by atoms with Gasteiger partial charge in [-0.2, -0.15) is 0 Å². The highest BCUT2D eigenvalue weighted by Crippen LogP contribution is 2.30. The number of hydrogen-bond donors (Lipinski definition) is 2. The second-order valence-electron chi connectivity index (χ2n) is 7.08. The van der Waals surface area contributed by atoms with Crippen molar-refractivity contribution >= 4 is 23.3 Å². The van der Waals surface area contributed by atoms with Crippen molar-refractivity contribution in [3.63, 3.8) is 0 Å². The van der Waals surface area contributed by atoms with E-state index in [1.54, 1.807) is 24.4 Å². The molecule has 3 aromatic rings. The van der Waals surface area contributed by atoms with Gasteiger partial charge in [-0.3, -0.25) is 14.6 Å². The molecule has 29 heavy (non-hydrogen) atoms. The molecule has 0 radical (unpaired) electrons. The van der Waals surface area contributed by atoms with Crippen molar-refractivity contribution in [2.75, 3.05) is 17.3 Å². The van der Waals surface area contributed by atoms with Gasteiger partial charge >= 0.3 is 0 Å². The molecule has 7 heteroatoms. The lowest BCUT2D eigenvalue weighted by Crippen LogP contribution is -2.45. The summed E-state index contributed by atoms with van der Waals surface area (Å²) in [4.78, 5) is 35.4. The van der Waals surface area contributed by atoms with Crippen LogP contribution in [-0.4, -0.2) is 28.8 Å². The van der Waals surface area contributed by atoms with Crippen LogP contribution >= 0.6 is 0 Å². The molecule has 3 heterocycles. The number of pyridine rings is 2. The number of rotatable bonds is 3. The Balaban J connectivity index is 1.53. The zero-order valence-electron chi connectivity index (χ0n) is 16.4. The van der Waals surface area contributed by atoms with E-state index in [1.807, 2.05) is 56.1 Å². The molecule has 0 aliphatic carbocycles. The number of nitrogens with zero attached hydrogens (tertiary/aromatic N) is 3. The highest BCUT2D eigenvalue weighted by atomic mass is 16.2. The first kappa shape index (κ1) is 18.6. The van der Waals surface area contributed by atoms with Crippen LogP contribution in [0.15, 0.2) is 54.7 Å². The van der Waals surface area contributed by atoms with Crippen LogP contribution in [-0.2, 0) is 0 Å². The summed E-state index contributed by atoms with van der Waals surface area (Å²) in [6.45, 7) is 3.77. The first-order chi connectivity index (χ1) is 13.9. The number of carbonyl (C=O) groups excluding carboxylic acids is 2. The van der Waals surface area contributed by atoms with Crippen molar-refractivity contribution in [3.8, 4) is 0 Å². The van der Waals surface area contributed by atoms with Crippen molar-refractivity contribution < 1.29 is 9.59 Å². The van der Waals surface area contributed by atoms with Crippen LogP contribution in [0.25, 0.3) is 0 Å². The summed E-state index contributed by atoms with van der Waals surface area (Å²) in [5.41, 5.74) is 4.33. The smallest absolute Gasteiger partial charge is 0.257 e. The number of carbonyl (C=O) groups is 2. The van der Waals surface area contributed by atoms with E-state index in [9.17, 15) is 9.59 Å². The average molecular weight is 387 g/mol. The lowest BCUT2D eigenvalue weighted by atomic mass is 10.1. The molecule has 1 aliphatic heterocycles. The van der Waals surface area contributed by atoms with Gasteiger partial charge in [0, 0.05) is 30.3 Å². The normalized spacial score (nSPS) is 15.5. The third kappa shape index (κ3) is 3.67. The number of anilines is 2. The summed E-state index contributed by atoms with van der Waals surface area (Å²) in [7, 11) is 1.90. The molecule has 4 rings (SSSR count). The number of benzene rings is 1. The molecule has 2 amide bonds. The highest BCUT2D eigenvalue weighted by molar-refractivity contribution is 6.04. The van der Waals surface area contributed by atoms with Gasteiger partial charge in [-0.15, -0.1) is 0 Å². The van der Waals surface area contributed by atoms with Gasteiger partial charge in [0.2, 0.25) is 0 Å². The third-order valence-corrected chi connectivity index (χ3v) is 4.91. The zero-order chi connectivity index (χ0) is 20.5. The van der Waals surface area contributed by atoms with Crippen LogP contribution in [0.2, 0.25) is 0 Å². The van der Waals surface area contributed by atoms with Gasteiger partial charge in [-0.05, 0) is 55.8 Å². The second kappa shape index (κ2) is 7.35. The van der Waals surface area contributed by atoms with Crippen molar-refractivity contribution in [1.82, 2.24) is 15.3 Å². The average Bonchev–Trinajstić information content (AvgIpc) is 2.71. The minimum absolute atomic E-state index is 0.153. The molecule has 0 bridgehead atoms. The summed E-state index contributed by atoms with van der Waals surface area (Å²) in [6, 6.07) is 14.5. The summed E-state index contributed by atoms with van der Waals surface area (Å²) in [6.07, 6.45) is 1.22. The highest BCUT2D eigenvalue weighted by Gasteiger charge is 2.30. The fourth-order valence-electron chi connectivity index (χ4n) is 3.27. The monoisotopic (exact) mass is 387 g/mol. The molecule has 1 aromatic carbocycles. The van der Waals surface area contributed by atoms with E-state index in [0.29, 0.717) is 22.6 Å². The van der Waals surface area contributed by atoms with Gasteiger partial charge in [0.15, 0.2) is 0 Å². The largest absolute Gasteiger partial charge is 0.335 e. The van der Waals surface area contributed by atoms with Gasteiger partial charge in [0.25, 0.3) is 11.8 Å². The van der Waals surface area contributed by atoms with E-state index < -0.39 is 0 Å². The van der Waals surface area contributed by atoms with E-state index in [0.717, 1.165) is 17.0 Å². The maximum absolute atomic E-state index is 12.5. The van der Waals surface area contributed by atoms with Crippen LogP contribution in [0.3, 0.4) is 0 Å². The minimum Gasteiger partial charge on any atom is -0.335 e. The van der Waals surface area contributed by atoms with E-state index in [1.165, 1.54) is 0 Å². The van der Waals surface area contributed by atoms with Gasteiger partial charge in [0.05, 0.1) is 11.1 Å². The van der Waals surface area contributed by atoms with E-state index in [4.69, 9.17) is 0 Å². The van der Waals surface area contributed by atoms with E-state index >= 15 is 0 Å². The molecule has 1 unspecified atom stereocenters. The van der Waals surface area contributed by atoms with Gasteiger partial charge in [0.1, 0.15) is 12.0 Å². The number of fused-ring (bicyclic) bond motifs is 1. The quantitative estimate of drug-likeness (QED) is 0.721. The molecular formula is C22H21N5O2. The number of aryl methyl sites for hydroxylation is 2. The topological polar surface area (TPSA) is 87.2 Å². The molecule has 2 N–H and O–H groups in total.